The number of halogens is 1. The lowest BCUT2D eigenvalue weighted by molar-refractivity contribution is -0.113. The fourth-order valence-corrected chi connectivity index (χ4v) is 2.18. The van der Waals surface area contributed by atoms with Crippen LogP contribution in [-0.2, 0) is 9.53 Å². The molecule has 0 radical (unpaired) electrons. The van der Waals surface area contributed by atoms with Crippen molar-refractivity contribution in [2.45, 2.75) is 25.5 Å². The van der Waals surface area contributed by atoms with Crippen LogP contribution in [0.1, 0.15) is 31.1 Å². The van der Waals surface area contributed by atoms with E-state index < -0.39 is 5.97 Å². The monoisotopic (exact) mass is 315 g/mol. The smallest absolute Gasteiger partial charge is 0.340 e. The lowest BCUT2D eigenvalue weighted by Crippen LogP contribution is -2.20. The highest BCUT2D eigenvalue weighted by molar-refractivity contribution is 8.01. The summed E-state index contributed by atoms with van der Waals surface area (Å²) in [6.07, 6.45) is 0. The van der Waals surface area contributed by atoms with Crippen LogP contribution in [0, 0.1) is 0 Å². The van der Waals surface area contributed by atoms with Crippen LogP contribution in [-0.4, -0.2) is 29.5 Å². The Hall–Kier alpha value is -1.20. The quantitative estimate of drug-likeness (QED) is 0.863. The summed E-state index contributed by atoms with van der Waals surface area (Å²) in [5.41, 5.74) is 0.648. The number of thioether (sulfide) groups is 1. The first-order valence-electron chi connectivity index (χ1n) is 6.04. The summed E-state index contributed by atoms with van der Waals surface area (Å²) in [6.45, 7) is 6.10. The SMILES string of the molecule is COC(=O)c1cc(Cl)ccc1NC(=O)CSC(C)(C)C. The number of anilines is 1. The summed E-state index contributed by atoms with van der Waals surface area (Å²) in [5, 5.41) is 3.12. The van der Waals surface area contributed by atoms with Crippen LogP contribution in [0.3, 0.4) is 0 Å². The van der Waals surface area contributed by atoms with Gasteiger partial charge in [-0.2, -0.15) is 0 Å². The first kappa shape index (κ1) is 16.9. The van der Waals surface area contributed by atoms with E-state index in [9.17, 15) is 9.59 Å². The second kappa shape index (κ2) is 6.99. The van der Waals surface area contributed by atoms with Crippen molar-refractivity contribution in [1.82, 2.24) is 0 Å². The standard InChI is InChI=1S/C14H18ClNO3S/c1-14(2,3)20-8-12(17)16-11-6-5-9(15)7-10(11)13(18)19-4/h5-7H,8H2,1-4H3,(H,16,17). The van der Waals surface area contributed by atoms with Crippen molar-refractivity contribution in [2.75, 3.05) is 18.2 Å². The van der Waals surface area contributed by atoms with Crippen molar-refractivity contribution in [2.24, 2.45) is 0 Å². The topological polar surface area (TPSA) is 55.4 Å². The second-order valence-corrected chi connectivity index (χ2v) is 7.37. The normalized spacial score (nSPS) is 11.1. The van der Waals surface area contributed by atoms with Crippen molar-refractivity contribution in [3.05, 3.63) is 28.8 Å². The number of hydrogen-bond acceptors (Lipinski definition) is 4. The maximum atomic E-state index is 11.9. The Kier molecular flexibility index (Phi) is 5.89. The average molecular weight is 316 g/mol. The number of ether oxygens (including phenoxy) is 1. The van der Waals surface area contributed by atoms with Crippen molar-refractivity contribution >= 4 is 40.9 Å². The Morgan fingerprint density at radius 3 is 2.55 bits per heavy atom. The van der Waals surface area contributed by atoms with Gasteiger partial charge in [-0.05, 0) is 18.2 Å². The number of rotatable bonds is 4. The van der Waals surface area contributed by atoms with Crippen molar-refractivity contribution < 1.29 is 14.3 Å². The number of nitrogens with one attached hydrogen (secondary N) is 1. The molecule has 0 aliphatic carbocycles. The number of amides is 1. The summed E-state index contributed by atoms with van der Waals surface area (Å²) < 4.78 is 4.68. The molecule has 20 heavy (non-hydrogen) atoms. The van der Waals surface area contributed by atoms with Gasteiger partial charge in [-0.15, -0.1) is 11.8 Å². The third-order valence-corrected chi connectivity index (χ3v) is 3.80. The first-order valence-corrected chi connectivity index (χ1v) is 7.41. The van der Waals surface area contributed by atoms with Crippen LogP contribution in [0.2, 0.25) is 5.02 Å². The van der Waals surface area contributed by atoms with Crippen LogP contribution in [0.15, 0.2) is 18.2 Å². The van der Waals surface area contributed by atoms with Crippen LogP contribution in [0.25, 0.3) is 0 Å². The number of carbonyl (C=O) groups is 2. The molecule has 4 nitrogen and oxygen atoms in total. The van der Waals surface area contributed by atoms with Crippen LogP contribution in [0.5, 0.6) is 0 Å². The Balaban J connectivity index is 2.82. The average Bonchev–Trinajstić information content (AvgIpc) is 2.37. The molecule has 1 amide bonds. The number of esters is 1. The van der Waals surface area contributed by atoms with Crippen LogP contribution >= 0.6 is 23.4 Å². The van der Waals surface area contributed by atoms with E-state index in [-0.39, 0.29) is 16.2 Å². The summed E-state index contributed by atoms with van der Waals surface area (Å²) >= 11 is 7.38. The molecule has 0 atom stereocenters. The molecule has 0 spiro atoms. The number of carbonyl (C=O) groups excluding carboxylic acids is 2. The van der Waals surface area contributed by atoms with E-state index in [2.05, 4.69) is 10.1 Å². The maximum absolute atomic E-state index is 11.9. The zero-order chi connectivity index (χ0) is 15.3. The van der Waals surface area contributed by atoms with Gasteiger partial charge < -0.3 is 10.1 Å². The van der Waals surface area contributed by atoms with Crippen molar-refractivity contribution in [1.29, 1.82) is 0 Å². The minimum absolute atomic E-state index is 0.00250. The molecule has 1 N–H and O–H groups in total. The summed E-state index contributed by atoms with van der Waals surface area (Å²) in [5.74, 6) is -0.393. The lowest BCUT2D eigenvalue weighted by Gasteiger charge is -2.17. The Labute approximate surface area is 128 Å². The molecule has 0 aromatic heterocycles. The summed E-state index contributed by atoms with van der Waals surface area (Å²) in [4.78, 5) is 23.5. The van der Waals surface area contributed by atoms with E-state index in [4.69, 9.17) is 11.6 Å². The minimum atomic E-state index is -0.536. The Bertz CT molecular complexity index is 512. The van der Waals surface area contributed by atoms with Gasteiger partial charge in [-0.3, -0.25) is 4.79 Å². The molecule has 110 valence electrons. The molecule has 6 heteroatoms. The summed E-state index contributed by atoms with van der Waals surface area (Å²) in [7, 11) is 1.28. The van der Waals surface area contributed by atoms with E-state index in [0.717, 1.165) is 0 Å². The third kappa shape index (κ3) is 5.43. The third-order valence-electron chi connectivity index (χ3n) is 2.30. The maximum Gasteiger partial charge on any atom is 0.340 e. The van der Waals surface area contributed by atoms with Gasteiger partial charge in [-0.25, -0.2) is 4.79 Å². The molecule has 0 unspecified atom stereocenters. The fourth-order valence-electron chi connectivity index (χ4n) is 1.37. The zero-order valence-corrected chi connectivity index (χ0v) is 13.5. The number of benzene rings is 1. The molecule has 1 aromatic rings. The highest BCUT2D eigenvalue weighted by atomic mass is 35.5. The molecule has 0 saturated carbocycles. The van der Waals surface area contributed by atoms with E-state index in [1.54, 1.807) is 12.1 Å². The highest BCUT2D eigenvalue weighted by Crippen LogP contribution is 2.25. The number of methoxy groups -OCH3 is 1. The predicted octanol–water partition coefficient (Wildman–Crippen LogP) is 3.60. The molecule has 1 rings (SSSR count). The Morgan fingerprint density at radius 2 is 2.00 bits per heavy atom. The molecule has 0 heterocycles. The molecule has 0 aliphatic rings. The van der Waals surface area contributed by atoms with Crippen LogP contribution < -0.4 is 5.32 Å². The minimum Gasteiger partial charge on any atom is -0.465 e. The van der Waals surface area contributed by atoms with Gasteiger partial charge in [0.1, 0.15) is 0 Å². The summed E-state index contributed by atoms with van der Waals surface area (Å²) in [6, 6.07) is 4.68. The van der Waals surface area contributed by atoms with Gasteiger partial charge >= 0.3 is 5.97 Å². The fraction of sp³-hybridized carbons (Fsp3) is 0.429. The van der Waals surface area contributed by atoms with Crippen molar-refractivity contribution in [3.63, 3.8) is 0 Å². The molecule has 0 aliphatic heterocycles. The number of hydrogen-bond donors (Lipinski definition) is 1. The molecular weight excluding hydrogens is 298 g/mol. The van der Waals surface area contributed by atoms with Gasteiger partial charge in [-0.1, -0.05) is 32.4 Å². The molecular formula is C14H18ClNO3S. The van der Waals surface area contributed by atoms with E-state index in [1.165, 1.54) is 24.9 Å². The van der Waals surface area contributed by atoms with Gasteiger partial charge in [0, 0.05) is 9.77 Å². The Morgan fingerprint density at radius 1 is 1.35 bits per heavy atom. The van der Waals surface area contributed by atoms with E-state index in [0.29, 0.717) is 16.5 Å². The molecule has 0 bridgehead atoms. The predicted molar refractivity (Wildman–Crippen MR) is 83.6 cm³/mol. The van der Waals surface area contributed by atoms with E-state index >= 15 is 0 Å². The van der Waals surface area contributed by atoms with Gasteiger partial charge in [0.15, 0.2) is 0 Å². The lowest BCUT2D eigenvalue weighted by atomic mass is 10.2. The van der Waals surface area contributed by atoms with Gasteiger partial charge in [0.25, 0.3) is 0 Å². The second-order valence-electron chi connectivity index (χ2n) is 5.13. The molecule has 1 aromatic carbocycles. The molecule has 0 fully saturated rings. The highest BCUT2D eigenvalue weighted by Gasteiger charge is 2.17. The van der Waals surface area contributed by atoms with Gasteiger partial charge in [0.2, 0.25) is 5.91 Å². The van der Waals surface area contributed by atoms with Crippen molar-refractivity contribution in [3.8, 4) is 0 Å². The van der Waals surface area contributed by atoms with Crippen LogP contribution in [0.4, 0.5) is 5.69 Å². The molecule has 0 saturated heterocycles. The first-order chi connectivity index (χ1) is 9.23. The van der Waals surface area contributed by atoms with Gasteiger partial charge in [0.05, 0.1) is 24.1 Å². The largest absolute Gasteiger partial charge is 0.465 e. The zero-order valence-electron chi connectivity index (χ0n) is 12.0. The van der Waals surface area contributed by atoms with E-state index in [1.807, 2.05) is 20.8 Å².